The summed E-state index contributed by atoms with van der Waals surface area (Å²) in [6, 6.07) is 0. The van der Waals surface area contributed by atoms with Crippen molar-refractivity contribution in [1.29, 1.82) is 0 Å². The SMILES string of the molecule is Cc1c(C)c(C)c(C(=O)Nc2ncc([N+](=O)[O-])s2)c(C)c1C. The normalized spacial score (nSPS) is 10.6. The zero-order valence-electron chi connectivity index (χ0n) is 13.1. The van der Waals surface area contributed by atoms with Crippen molar-refractivity contribution in [3.05, 3.63) is 49.7 Å². The molecular weight excluding hydrogens is 302 g/mol. The Morgan fingerprint density at radius 3 is 2.05 bits per heavy atom. The molecule has 1 amide bonds. The zero-order chi connectivity index (χ0) is 16.6. The average molecular weight is 319 g/mol. The van der Waals surface area contributed by atoms with Crippen LogP contribution in [0, 0.1) is 44.7 Å². The summed E-state index contributed by atoms with van der Waals surface area (Å²) in [5, 5.41) is 13.5. The summed E-state index contributed by atoms with van der Waals surface area (Å²) >= 11 is 0.845. The number of hydrogen-bond donors (Lipinski definition) is 1. The van der Waals surface area contributed by atoms with Crippen LogP contribution < -0.4 is 5.32 Å². The van der Waals surface area contributed by atoms with Gasteiger partial charge in [-0.05, 0) is 73.8 Å². The predicted molar refractivity (Wildman–Crippen MR) is 86.8 cm³/mol. The molecular formula is C15H17N3O3S. The monoisotopic (exact) mass is 319 g/mol. The van der Waals surface area contributed by atoms with Gasteiger partial charge < -0.3 is 0 Å². The van der Waals surface area contributed by atoms with Crippen molar-refractivity contribution in [3.8, 4) is 0 Å². The van der Waals surface area contributed by atoms with Gasteiger partial charge in [-0.15, -0.1) is 0 Å². The van der Waals surface area contributed by atoms with Crippen LogP contribution in [0.2, 0.25) is 0 Å². The maximum Gasteiger partial charge on any atom is 0.345 e. The lowest BCUT2D eigenvalue weighted by atomic mass is 9.89. The van der Waals surface area contributed by atoms with Crippen molar-refractivity contribution < 1.29 is 9.72 Å². The van der Waals surface area contributed by atoms with E-state index in [0.717, 1.165) is 39.8 Å². The lowest BCUT2D eigenvalue weighted by Crippen LogP contribution is -2.17. The van der Waals surface area contributed by atoms with Crippen LogP contribution in [0.25, 0.3) is 0 Å². The first-order valence-corrected chi connectivity index (χ1v) is 7.54. The summed E-state index contributed by atoms with van der Waals surface area (Å²) < 4.78 is 0. The van der Waals surface area contributed by atoms with Gasteiger partial charge in [0.05, 0.1) is 4.92 Å². The average Bonchev–Trinajstić information content (AvgIpc) is 2.92. The molecule has 0 spiro atoms. The maximum absolute atomic E-state index is 12.5. The molecule has 0 aliphatic heterocycles. The second kappa shape index (κ2) is 5.84. The van der Waals surface area contributed by atoms with Crippen molar-refractivity contribution >= 4 is 27.4 Å². The van der Waals surface area contributed by atoms with E-state index in [1.807, 2.05) is 34.6 Å². The fraction of sp³-hybridized carbons (Fsp3) is 0.333. The number of nitrogens with one attached hydrogen (secondary N) is 1. The van der Waals surface area contributed by atoms with Gasteiger partial charge in [0.25, 0.3) is 5.91 Å². The van der Waals surface area contributed by atoms with Gasteiger partial charge in [-0.25, -0.2) is 4.98 Å². The Balaban J connectivity index is 2.39. The Morgan fingerprint density at radius 2 is 1.59 bits per heavy atom. The van der Waals surface area contributed by atoms with E-state index in [0.29, 0.717) is 5.56 Å². The standard InChI is InChI=1S/C15H17N3O3S/c1-7-8(2)10(4)13(11(5)9(7)3)14(19)17-15-16-6-12(22-15)18(20)21/h6H,1-5H3,(H,16,17,19). The Labute approximate surface area is 132 Å². The van der Waals surface area contributed by atoms with E-state index in [1.54, 1.807) is 0 Å². The highest BCUT2D eigenvalue weighted by Gasteiger charge is 2.20. The number of amides is 1. The van der Waals surface area contributed by atoms with E-state index in [4.69, 9.17) is 0 Å². The van der Waals surface area contributed by atoms with Crippen LogP contribution in [-0.2, 0) is 0 Å². The third-order valence-electron chi connectivity index (χ3n) is 4.12. The van der Waals surface area contributed by atoms with Crippen molar-refractivity contribution in [1.82, 2.24) is 4.98 Å². The van der Waals surface area contributed by atoms with Crippen molar-refractivity contribution in [3.63, 3.8) is 0 Å². The number of carbonyl (C=O) groups is 1. The lowest BCUT2D eigenvalue weighted by Gasteiger charge is -2.17. The van der Waals surface area contributed by atoms with Crippen LogP contribution in [0.4, 0.5) is 10.1 Å². The van der Waals surface area contributed by atoms with E-state index < -0.39 is 4.92 Å². The molecule has 0 bridgehead atoms. The van der Waals surface area contributed by atoms with E-state index >= 15 is 0 Å². The van der Waals surface area contributed by atoms with Crippen LogP contribution in [0.15, 0.2) is 6.20 Å². The zero-order valence-corrected chi connectivity index (χ0v) is 13.9. The third-order valence-corrected chi connectivity index (χ3v) is 4.99. The van der Waals surface area contributed by atoms with E-state index in [1.165, 1.54) is 5.56 Å². The van der Waals surface area contributed by atoms with E-state index in [-0.39, 0.29) is 16.0 Å². The second-order valence-corrected chi connectivity index (χ2v) is 6.22. The minimum atomic E-state index is -0.524. The summed E-state index contributed by atoms with van der Waals surface area (Å²) in [5.41, 5.74) is 5.79. The molecule has 7 heteroatoms. The van der Waals surface area contributed by atoms with Gasteiger partial charge in [-0.1, -0.05) is 0 Å². The summed E-state index contributed by atoms with van der Waals surface area (Å²) in [7, 11) is 0. The first-order chi connectivity index (χ1) is 10.2. The van der Waals surface area contributed by atoms with Crippen LogP contribution in [0.1, 0.15) is 38.2 Å². The Hall–Kier alpha value is -2.28. The molecule has 22 heavy (non-hydrogen) atoms. The van der Waals surface area contributed by atoms with Crippen LogP contribution in [-0.4, -0.2) is 15.8 Å². The molecule has 0 fully saturated rings. The minimum absolute atomic E-state index is 0.0972. The predicted octanol–water partition coefficient (Wildman–Crippen LogP) is 3.85. The largest absolute Gasteiger partial charge is 0.345 e. The van der Waals surface area contributed by atoms with Crippen molar-refractivity contribution in [2.75, 3.05) is 5.32 Å². The van der Waals surface area contributed by atoms with E-state index in [9.17, 15) is 14.9 Å². The lowest BCUT2D eigenvalue weighted by molar-refractivity contribution is -0.380. The number of anilines is 1. The first kappa shape index (κ1) is 16.1. The highest BCUT2D eigenvalue weighted by atomic mass is 32.1. The molecule has 0 saturated heterocycles. The molecule has 6 nitrogen and oxygen atoms in total. The molecule has 2 rings (SSSR count). The minimum Gasteiger partial charge on any atom is -0.298 e. The third kappa shape index (κ3) is 2.71. The van der Waals surface area contributed by atoms with Gasteiger partial charge in [0, 0.05) is 5.56 Å². The van der Waals surface area contributed by atoms with Gasteiger partial charge >= 0.3 is 5.00 Å². The molecule has 0 radical (unpaired) electrons. The van der Waals surface area contributed by atoms with Crippen LogP contribution >= 0.6 is 11.3 Å². The van der Waals surface area contributed by atoms with Gasteiger partial charge in [-0.2, -0.15) is 0 Å². The summed E-state index contributed by atoms with van der Waals surface area (Å²) in [6.45, 7) is 9.84. The fourth-order valence-corrected chi connectivity index (χ4v) is 3.04. The first-order valence-electron chi connectivity index (χ1n) is 6.72. The molecule has 0 unspecified atom stereocenters. The Kier molecular flexibility index (Phi) is 4.27. The molecule has 0 saturated carbocycles. The Bertz CT molecular complexity index is 752. The fourth-order valence-electron chi connectivity index (χ4n) is 2.41. The topological polar surface area (TPSA) is 85.1 Å². The summed E-state index contributed by atoms with van der Waals surface area (Å²) in [5.74, 6) is -0.287. The number of hydrogen-bond acceptors (Lipinski definition) is 5. The molecule has 1 N–H and O–H groups in total. The number of aromatic nitrogens is 1. The highest BCUT2D eigenvalue weighted by Crippen LogP contribution is 2.29. The Morgan fingerprint density at radius 1 is 1.09 bits per heavy atom. The van der Waals surface area contributed by atoms with Gasteiger partial charge in [-0.3, -0.25) is 20.2 Å². The molecule has 1 heterocycles. The number of benzene rings is 1. The van der Waals surface area contributed by atoms with Gasteiger partial charge in [0.15, 0.2) is 5.13 Å². The molecule has 0 aliphatic rings. The van der Waals surface area contributed by atoms with Crippen LogP contribution in [0.3, 0.4) is 0 Å². The van der Waals surface area contributed by atoms with Crippen molar-refractivity contribution in [2.45, 2.75) is 34.6 Å². The van der Waals surface area contributed by atoms with E-state index in [2.05, 4.69) is 10.3 Å². The molecule has 2 aromatic rings. The quantitative estimate of drug-likeness (QED) is 0.688. The summed E-state index contributed by atoms with van der Waals surface area (Å²) in [6.07, 6.45) is 1.14. The molecule has 1 aromatic heterocycles. The van der Waals surface area contributed by atoms with Gasteiger partial charge in [0.1, 0.15) is 6.20 Å². The maximum atomic E-state index is 12.5. The molecule has 1 aromatic carbocycles. The number of carbonyl (C=O) groups excluding carboxylic acids is 1. The van der Waals surface area contributed by atoms with Crippen molar-refractivity contribution in [2.24, 2.45) is 0 Å². The molecule has 116 valence electrons. The number of rotatable bonds is 3. The molecule has 0 aliphatic carbocycles. The molecule has 0 atom stereocenters. The number of nitrogens with zero attached hydrogens (tertiary/aromatic N) is 2. The smallest absolute Gasteiger partial charge is 0.298 e. The summed E-state index contributed by atoms with van der Waals surface area (Å²) in [4.78, 5) is 26.6. The second-order valence-electron chi connectivity index (χ2n) is 5.21. The highest BCUT2D eigenvalue weighted by molar-refractivity contribution is 7.18. The van der Waals surface area contributed by atoms with Gasteiger partial charge in [0.2, 0.25) is 0 Å². The number of nitro groups is 1. The number of thiazole rings is 1. The van der Waals surface area contributed by atoms with Crippen LogP contribution in [0.5, 0.6) is 0 Å².